The molecule has 4 aromatic carbocycles. The number of hydrogen-bond acceptors (Lipinski definition) is 26. The monoisotopic (exact) mass is 1580 g/mol. The molecule has 0 unspecified atom stereocenters. The number of hydrogen-bond donors (Lipinski definition) is 0. The van der Waals surface area contributed by atoms with E-state index in [1.807, 2.05) is 0 Å². The van der Waals surface area contributed by atoms with Gasteiger partial charge in [0.1, 0.15) is 23.1 Å². The van der Waals surface area contributed by atoms with Gasteiger partial charge in [0, 0.05) is 145 Å². The molecule has 0 radical (unpaired) electrons. The third-order valence-electron chi connectivity index (χ3n) is 16.8. The Kier molecular flexibility index (Phi) is 50.9. The van der Waals surface area contributed by atoms with Crippen molar-refractivity contribution < 1.29 is 87.0 Å². The molecule has 0 atom stereocenters. The maximum Gasteiger partial charge on any atom is 0.279 e. The van der Waals surface area contributed by atoms with Crippen LogP contribution in [0.15, 0.2) is 72.8 Å². The van der Waals surface area contributed by atoms with Crippen LogP contribution in [0.25, 0.3) is 0 Å². The molecule has 0 heterocycles. The first-order chi connectivity index (χ1) is 52.8. The highest BCUT2D eigenvalue weighted by atomic mass is 16.7. The number of nitrogens with zero attached hydrogens (tertiary/aromatic N) is 8. The van der Waals surface area contributed by atoms with E-state index in [4.69, 9.17) is 28.4 Å². The average molecular weight is 1580 g/mol. The lowest BCUT2D eigenvalue weighted by Gasteiger charge is -2.17. The third kappa shape index (κ3) is 49.0. The Morgan fingerprint density at radius 2 is 0.536 bits per heavy atom. The first kappa shape index (κ1) is 101. The van der Waals surface area contributed by atoms with Crippen molar-refractivity contribution in [2.45, 2.75) is 223 Å². The summed E-state index contributed by atoms with van der Waals surface area (Å²) in [5, 5.41) is 87.1. The van der Waals surface area contributed by atoms with E-state index in [0.717, 1.165) is 69.2 Å². The molecule has 34 nitrogen and oxygen atoms in total. The van der Waals surface area contributed by atoms with E-state index in [1.165, 1.54) is 48.5 Å². The minimum absolute atomic E-state index is 0.0597. The van der Waals surface area contributed by atoms with E-state index in [-0.39, 0.29) is 112 Å². The van der Waals surface area contributed by atoms with Crippen molar-refractivity contribution in [1.29, 1.82) is 0 Å². The average Bonchev–Trinajstić information content (AvgIpc) is 0.860. The van der Waals surface area contributed by atoms with Crippen molar-refractivity contribution in [3.8, 4) is 0 Å². The summed E-state index contributed by atoms with van der Waals surface area (Å²) in [4.78, 5) is 130. The fourth-order valence-electron chi connectivity index (χ4n) is 10.2. The van der Waals surface area contributed by atoms with Gasteiger partial charge in [-0.2, -0.15) is 0 Å². The number of rotatable bonds is 56. The van der Waals surface area contributed by atoms with Crippen molar-refractivity contribution in [3.63, 3.8) is 0 Å². The fourth-order valence-corrected chi connectivity index (χ4v) is 10.2. The summed E-state index contributed by atoms with van der Waals surface area (Å²) in [6.07, 6.45) is 13.3. The molecule has 0 aliphatic rings. The molecule has 0 fully saturated rings. The highest BCUT2D eigenvalue weighted by Gasteiger charge is 2.24. The molecule has 0 N–H and O–H groups in total. The van der Waals surface area contributed by atoms with Gasteiger partial charge in [0.15, 0.2) is 0 Å². The van der Waals surface area contributed by atoms with E-state index in [1.54, 1.807) is 0 Å². The molecule has 0 spiro atoms. The molecular weight excluding hydrogens is 1460 g/mol. The molecule has 0 saturated heterocycles. The second-order valence-corrected chi connectivity index (χ2v) is 30.0. The standard InChI is InChI=1S/C25H38N2O8.C23H34N2O8.C16H24N2O5.C14H20N2O5/c1-25(2,3)13-17-35-15-7-5-9-22(28)19-23(29)12-16-34-14-6-4-8-20-10-11-21(26(30)31)18-24(20)27(32)33;1-18(2)11-15-33-14-5-8-22(27)17-21(26)7-4-13-32-12-3-6-19-9-10-20(24(28)29)16-23(19)25(30)31;1-16(2,3)9-11-23-10-5-4-6-13-7-8-14(17(19)20)12-15(13)18(21)22;1-11(2)7-9-21-8-3-4-12-5-6-13(15(17)18)10-14(12)16(19)20/h10-11,18H,4-9,12-17,19H2,1-3H3;9-10,16,18H,3-8,11-15,17H2,1-2H3;7-8,12H,4-6,9-11H2,1-3H3;5-6,10-11H,3-4,7-9H2,1-2H3. The Labute approximate surface area is 654 Å². The second-order valence-electron chi connectivity index (χ2n) is 30.0. The number of benzene rings is 4. The third-order valence-corrected chi connectivity index (χ3v) is 16.8. The van der Waals surface area contributed by atoms with Gasteiger partial charge in [0.25, 0.3) is 45.5 Å². The number of carbonyl (C=O) groups excluding carboxylic acids is 4. The van der Waals surface area contributed by atoms with Crippen LogP contribution >= 0.6 is 0 Å². The van der Waals surface area contributed by atoms with Crippen LogP contribution in [-0.4, -0.2) is 142 Å². The van der Waals surface area contributed by atoms with Gasteiger partial charge in [-0.3, -0.25) is 100 Å². The van der Waals surface area contributed by atoms with E-state index in [0.29, 0.717) is 190 Å². The van der Waals surface area contributed by atoms with Crippen molar-refractivity contribution in [2.24, 2.45) is 22.7 Å². The quantitative estimate of drug-likeness (QED) is 0.0171. The lowest BCUT2D eigenvalue weighted by Crippen LogP contribution is -2.11. The van der Waals surface area contributed by atoms with Crippen LogP contribution in [0.2, 0.25) is 0 Å². The molecule has 0 amide bonds. The number of Topliss-reactive ketones (excluding diaryl/α,β-unsaturated/α-hetero) is 4. The number of ketones is 4. The molecule has 34 heteroatoms. The number of ether oxygens (including phenoxy) is 6. The van der Waals surface area contributed by atoms with Crippen molar-refractivity contribution in [1.82, 2.24) is 0 Å². The van der Waals surface area contributed by atoms with Gasteiger partial charge in [-0.05, 0) is 163 Å². The van der Waals surface area contributed by atoms with Crippen LogP contribution < -0.4 is 0 Å². The molecule has 0 bridgehead atoms. The second kappa shape index (κ2) is 56.7. The topological polar surface area (TPSA) is 469 Å². The van der Waals surface area contributed by atoms with E-state index < -0.39 is 39.4 Å². The van der Waals surface area contributed by atoms with Gasteiger partial charge >= 0.3 is 0 Å². The highest BCUT2D eigenvalue weighted by Crippen LogP contribution is 2.30. The van der Waals surface area contributed by atoms with Crippen molar-refractivity contribution >= 4 is 68.6 Å². The van der Waals surface area contributed by atoms with Crippen molar-refractivity contribution in [2.75, 3.05) is 79.3 Å². The lowest BCUT2D eigenvalue weighted by molar-refractivity contribution is -0.394. The SMILES string of the molecule is CC(C)(C)CCOCCCCC(=O)CC(=O)CCOCCCCc1ccc([N+](=O)[O-])cc1[N+](=O)[O-].CC(C)(C)CCOCCCCc1ccc([N+](=O)[O-])cc1[N+](=O)[O-].CC(C)CCOCCCC(=O)CC(=O)CCCOCCCc1ccc([N+](=O)[O-])cc1[N+](=O)[O-].CC(C)CCOCCCc1ccc([N+](=O)[O-])cc1[N+](=O)[O-]. The summed E-state index contributed by atoms with van der Waals surface area (Å²) < 4.78 is 32.9. The molecule has 624 valence electrons. The molecule has 4 aromatic rings. The lowest BCUT2D eigenvalue weighted by atomic mass is 9.93. The molecule has 0 aliphatic carbocycles. The van der Waals surface area contributed by atoms with E-state index in [2.05, 4.69) is 69.2 Å². The Hall–Kier alpha value is -9.48. The summed E-state index contributed by atoms with van der Waals surface area (Å²) in [5.41, 5.74) is 0.284. The van der Waals surface area contributed by atoms with Gasteiger partial charge in [0.05, 0.1) is 83.1 Å². The maximum absolute atomic E-state index is 11.9. The Morgan fingerprint density at radius 3 is 0.821 bits per heavy atom. The van der Waals surface area contributed by atoms with Gasteiger partial charge in [0.2, 0.25) is 0 Å². The Bertz CT molecular complexity index is 3610. The number of nitro groups is 8. The zero-order chi connectivity index (χ0) is 84.2. The van der Waals surface area contributed by atoms with E-state index in [9.17, 15) is 100 Å². The number of carbonyl (C=O) groups is 4. The van der Waals surface area contributed by atoms with E-state index >= 15 is 0 Å². The van der Waals surface area contributed by atoms with Crippen molar-refractivity contribution in [3.05, 3.63) is 176 Å². The number of unbranched alkanes of at least 4 members (excludes halogenated alkanes) is 3. The largest absolute Gasteiger partial charge is 0.381 e. The Balaban J connectivity index is 0.000000762. The summed E-state index contributed by atoms with van der Waals surface area (Å²) >= 11 is 0. The minimum Gasteiger partial charge on any atom is -0.381 e. The number of nitro benzene ring substituents is 8. The van der Waals surface area contributed by atoms with Crippen LogP contribution in [0.3, 0.4) is 0 Å². The first-order valence-corrected chi connectivity index (χ1v) is 38.0. The predicted octanol–water partition coefficient (Wildman–Crippen LogP) is 17.8. The minimum atomic E-state index is -0.668. The molecule has 0 saturated carbocycles. The number of aryl methyl sites for hydroxylation is 4. The summed E-state index contributed by atoms with van der Waals surface area (Å²) in [6, 6.07) is 14.8. The highest BCUT2D eigenvalue weighted by molar-refractivity contribution is 5.99. The normalized spacial score (nSPS) is 11.2. The van der Waals surface area contributed by atoms with Gasteiger partial charge in [-0.25, -0.2) is 0 Å². The maximum atomic E-state index is 11.9. The van der Waals surface area contributed by atoms with Crippen LogP contribution in [0.4, 0.5) is 45.5 Å². The first-order valence-electron chi connectivity index (χ1n) is 38.0. The van der Waals surface area contributed by atoms with Gasteiger partial charge < -0.3 is 28.4 Å². The summed E-state index contributed by atoms with van der Waals surface area (Å²) in [7, 11) is 0. The van der Waals surface area contributed by atoms with Crippen LogP contribution in [0.1, 0.15) is 220 Å². The van der Waals surface area contributed by atoms with Crippen LogP contribution in [-0.2, 0) is 73.3 Å². The molecule has 0 aromatic heterocycles. The molecule has 4 rings (SSSR count). The molecule has 0 aliphatic heterocycles. The molecular formula is C78H116N8O26. The van der Waals surface area contributed by atoms with Crippen LogP contribution in [0, 0.1) is 104 Å². The van der Waals surface area contributed by atoms with Crippen LogP contribution in [0.5, 0.6) is 0 Å². The zero-order valence-electron chi connectivity index (χ0n) is 66.7. The smallest absolute Gasteiger partial charge is 0.279 e. The number of non-ortho nitro benzene ring substituents is 4. The predicted molar refractivity (Wildman–Crippen MR) is 420 cm³/mol. The zero-order valence-corrected chi connectivity index (χ0v) is 66.7. The summed E-state index contributed by atoms with van der Waals surface area (Å²) in [5.74, 6) is 0.793. The molecule has 112 heavy (non-hydrogen) atoms. The van der Waals surface area contributed by atoms with Gasteiger partial charge in [-0.1, -0.05) is 69.2 Å². The van der Waals surface area contributed by atoms with Gasteiger partial charge in [-0.15, -0.1) is 0 Å². The summed E-state index contributed by atoms with van der Waals surface area (Å²) in [6.45, 7) is 27.9. The Morgan fingerprint density at radius 1 is 0.295 bits per heavy atom. The fraction of sp³-hybridized carbons (Fsp3) is 0.641.